The molecule has 0 aromatic carbocycles. The highest BCUT2D eigenvalue weighted by atomic mass is 32.1. The fourth-order valence-corrected chi connectivity index (χ4v) is 2.84. The minimum absolute atomic E-state index is 0.0269. The molecule has 1 aliphatic rings. The van der Waals surface area contributed by atoms with E-state index < -0.39 is 0 Å². The van der Waals surface area contributed by atoms with Crippen molar-refractivity contribution in [2.75, 3.05) is 13.2 Å². The van der Waals surface area contributed by atoms with E-state index in [2.05, 4.69) is 0 Å². The number of thiazole rings is 1. The van der Waals surface area contributed by atoms with Gasteiger partial charge >= 0.3 is 10.8 Å². The topological polar surface area (TPSA) is 57.5 Å². The molecular weight excluding hydrogens is 266 g/mol. The summed E-state index contributed by atoms with van der Waals surface area (Å²) in [4.78, 5) is 23.1. The minimum atomic E-state index is -0.272. The van der Waals surface area contributed by atoms with Gasteiger partial charge in [0, 0.05) is 24.2 Å². The van der Waals surface area contributed by atoms with Crippen molar-refractivity contribution in [1.29, 1.82) is 0 Å². The Balaban J connectivity index is 1.71. The van der Waals surface area contributed by atoms with E-state index >= 15 is 0 Å². The van der Waals surface area contributed by atoms with Gasteiger partial charge in [-0.1, -0.05) is 11.3 Å². The van der Waals surface area contributed by atoms with E-state index in [0.29, 0.717) is 13.2 Å². The van der Waals surface area contributed by atoms with Crippen LogP contribution in [0.1, 0.15) is 31.4 Å². The number of aryl methyl sites for hydroxylation is 1. The molecule has 1 aliphatic heterocycles. The van der Waals surface area contributed by atoms with Crippen LogP contribution >= 0.6 is 11.3 Å². The number of carbonyl (C=O) groups excluding carboxylic acids is 1. The van der Waals surface area contributed by atoms with Crippen molar-refractivity contribution in [3.05, 3.63) is 20.7 Å². The van der Waals surface area contributed by atoms with Gasteiger partial charge < -0.3 is 14.0 Å². The number of ether oxygens (including phenoxy) is 2. The molecule has 1 saturated heterocycles. The van der Waals surface area contributed by atoms with Crippen LogP contribution in [0.4, 0.5) is 0 Å². The van der Waals surface area contributed by atoms with E-state index in [4.69, 9.17) is 9.47 Å². The summed E-state index contributed by atoms with van der Waals surface area (Å²) in [6, 6.07) is 0. The SMILES string of the molecule is Cc1csc(=O)n1CCC(=O)OCC1CCCCO1. The lowest BCUT2D eigenvalue weighted by Gasteiger charge is -2.22. The van der Waals surface area contributed by atoms with E-state index in [1.54, 1.807) is 9.95 Å². The second-order valence-corrected chi connectivity index (χ2v) is 5.54. The van der Waals surface area contributed by atoms with Crippen molar-refractivity contribution in [1.82, 2.24) is 4.57 Å². The fourth-order valence-electron chi connectivity index (χ4n) is 2.07. The molecule has 0 spiro atoms. The van der Waals surface area contributed by atoms with Crippen LogP contribution in [-0.4, -0.2) is 29.9 Å². The zero-order valence-electron chi connectivity index (χ0n) is 11.1. The standard InChI is InChI=1S/C13H19NO4S/c1-10-9-19-13(16)14(10)6-5-12(15)18-8-11-4-2-3-7-17-11/h9,11H,2-8H2,1H3. The number of nitrogens with zero attached hydrogens (tertiary/aromatic N) is 1. The lowest BCUT2D eigenvalue weighted by molar-refractivity contribution is -0.149. The molecule has 0 saturated carbocycles. The average Bonchev–Trinajstić information content (AvgIpc) is 2.75. The third-order valence-electron chi connectivity index (χ3n) is 3.22. The number of esters is 1. The second-order valence-electron chi connectivity index (χ2n) is 4.72. The van der Waals surface area contributed by atoms with Crippen LogP contribution in [0.3, 0.4) is 0 Å². The van der Waals surface area contributed by atoms with Crippen molar-refractivity contribution >= 4 is 17.3 Å². The molecule has 0 amide bonds. The maximum absolute atomic E-state index is 11.6. The molecule has 2 rings (SSSR count). The largest absolute Gasteiger partial charge is 0.463 e. The van der Waals surface area contributed by atoms with Crippen molar-refractivity contribution in [2.24, 2.45) is 0 Å². The van der Waals surface area contributed by atoms with E-state index in [1.165, 1.54) is 0 Å². The molecule has 0 bridgehead atoms. The van der Waals surface area contributed by atoms with Gasteiger partial charge in [0.1, 0.15) is 6.61 Å². The molecule has 1 fully saturated rings. The van der Waals surface area contributed by atoms with E-state index in [1.807, 2.05) is 6.92 Å². The molecule has 2 heterocycles. The van der Waals surface area contributed by atoms with E-state index in [0.717, 1.165) is 42.9 Å². The molecule has 0 aliphatic carbocycles. The average molecular weight is 285 g/mol. The number of hydrogen-bond acceptors (Lipinski definition) is 5. The van der Waals surface area contributed by atoms with Gasteiger partial charge in [-0.25, -0.2) is 0 Å². The van der Waals surface area contributed by atoms with Gasteiger partial charge in [-0.2, -0.15) is 0 Å². The smallest absolute Gasteiger partial charge is 0.307 e. The summed E-state index contributed by atoms with van der Waals surface area (Å²) in [6.07, 6.45) is 3.44. The van der Waals surface area contributed by atoms with E-state index in [-0.39, 0.29) is 23.4 Å². The Morgan fingerprint density at radius 1 is 1.58 bits per heavy atom. The Morgan fingerprint density at radius 3 is 3.05 bits per heavy atom. The lowest BCUT2D eigenvalue weighted by Crippen LogP contribution is -2.26. The Kier molecular flexibility index (Phi) is 5.15. The second kappa shape index (κ2) is 6.86. The molecule has 6 heteroatoms. The Labute approximate surface area is 116 Å². The summed E-state index contributed by atoms with van der Waals surface area (Å²) < 4.78 is 12.3. The van der Waals surface area contributed by atoms with Gasteiger partial charge in [0.25, 0.3) is 0 Å². The van der Waals surface area contributed by atoms with Crippen LogP contribution in [-0.2, 0) is 20.8 Å². The van der Waals surface area contributed by atoms with Gasteiger partial charge in [0.2, 0.25) is 0 Å². The first-order valence-electron chi connectivity index (χ1n) is 6.59. The highest BCUT2D eigenvalue weighted by Gasteiger charge is 2.16. The summed E-state index contributed by atoms with van der Waals surface area (Å²) >= 11 is 1.15. The normalized spacial score (nSPS) is 19.3. The van der Waals surface area contributed by atoms with Crippen LogP contribution in [0.2, 0.25) is 0 Å². The van der Waals surface area contributed by atoms with Gasteiger partial charge in [0.05, 0.1) is 12.5 Å². The molecule has 1 aromatic rings. The molecular formula is C13H19NO4S. The highest BCUT2D eigenvalue weighted by molar-refractivity contribution is 7.07. The third-order valence-corrected chi connectivity index (χ3v) is 4.10. The summed E-state index contributed by atoms with van der Waals surface area (Å²) in [5.41, 5.74) is 0.887. The molecule has 19 heavy (non-hydrogen) atoms. The van der Waals surface area contributed by atoms with Crippen LogP contribution in [0.25, 0.3) is 0 Å². The first-order valence-corrected chi connectivity index (χ1v) is 7.47. The number of hydrogen-bond donors (Lipinski definition) is 0. The zero-order valence-corrected chi connectivity index (χ0v) is 11.9. The fraction of sp³-hybridized carbons (Fsp3) is 0.692. The van der Waals surface area contributed by atoms with Crippen LogP contribution in [0.15, 0.2) is 10.2 Å². The monoisotopic (exact) mass is 285 g/mol. The zero-order chi connectivity index (χ0) is 13.7. The lowest BCUT2D eigenvalue weighted by atomic mass is 10.1. The van der Waals surface area contributed by atoms with Crippen molar-refractivity contribution in [3.8, 4) is 0 Å². The quantitative estimate of drug-likeness (QED) is 0.773. The highest BCUT2D eigenvalue weighted by Crippen LogP contribution is 2.13. The molecule has 1 aromatic heterocycles. The van der Waals surface area contributed by atoms with Gasteiger partial charge in [-0.05, 0) is 26.2 Å². The Bertz CT molecular complexity index is 473. The molecule has 0 radical (unpaired) electrons. The maximum atomic E-state index is 11.6. The number of carbonyl (C=O) groups is 1. The summed E-state index contributed by atoms with van der Waals surface area (Å²) in [7, 11) is 0. The van der Waals surface area contributed by atoms with Crippen molar-refractivity contribution in [2.45, 2.75) is 45.3 Å². The van der Waals surface area contributed by atoms with Gasteiger partial charge in [-0.15, -0.1) is 0 Å². The van der Waals surface area contributed by atoms with Crippen LogP contribution in [0, 0.1) is 6.92 Å². The molecule has 1 atom stereocenters. The summed E-state index contributed by atoms with van der Waals surface area (Å²) in [5.74, 6) is -0.272. The Hall–Kier alpha value is -1.14. The predicted octanol–water partition coefficient (Wildman–Crippen LogP) is 1.72. The maximum Gasteiger partial charge on any atom is 0.307 e. The van der Waals surface area contributed by atoms with Crippen LogP contribution in [0.5, 0.6) is 0 Å². The number of rotatable bonds is 5. The first-order chi connectivity index (χ1) is 9.16. The summed E-state index contributed by atoms with van der Waals surface area (Å²) in [6.45, 7) is 3.33. The summed E-state index contributed by atoms with van der Waals surface area (Å²) in [5, 5.41) is 1.80. The predicted molar refractivity (Wildman–Crippen MR) is 72.5 cm³/mol. The molecule has 0 N–H and O–H groups in total. The van der Waals surface area contributed by atoms with Gasteiger partial charge in [0.15, 0.2) is 0 Å². The molecule has 106 valence electrons. The minimum Gasteiger partial charge on any atom is -0.463 e. The van der Waals surface area contributed by atoms with Crippen molar-refractivity contribution < 1.29 is 14.3 Å². The first kappa shape index (κ1) is 14.3. The van der Waals surface area contributed by atoms with Gasteiger partial charge in [-0.3, -0.25) is 9.59 Å². The molecule has 5 nitrogen and oxygen atoms in total. The molecule has 1 unspecified atom stereocenters. The van der Waals surface area contributed by atoms with Crippen molar-refractivity contribution in [3.63, 3.8) is 0 Å². The van der Waals surface area contributed by atoms with Crippen LogP contribution < -0.4 is 4.87 Å². The Morgan fingerprint density at radius 2 is 2.42 bits per heavy atom. The third kappa shape index (κ3) is 4.18. The number of aromatic nitrogens is 1. The van der Waals surface area contributed by atoms with E-state index in [9.17, 15) is 9.59 Å².